The summed E-state index contributed by atoms with van der Waals surface area (Å²) in [7, 11) is -3.82. The molecule has 6 nitrogen and oxygen atoms in total. The van der Waals surface area contributed by atoms with Crippen LogP contribution >= 0.6 is 0 Å². The number of hydrogen-bond donors (Lipinski definition) is 0. The van der Waals surface area contributed by atoms with Gasteiger partial charge in [-0.15, -0.1) is 0 Å². The Labute approximate surface area is 171 Å². The summed E-state index contributed by atoms with van der Waals surface area (Å²) in [4.78, 5) is 6.79. The Morgan fingerprint density at radius 2 is 1.90 bits per heavy atom. The highest BCUT2D eigenvalue weighted by molar-refractivity contribution is 7.86. The zero-order valence-electron chi connectivity index (χ0n) is 16.5. The van der Waals surface area contributed by atoms with E-state index in [4.69, 9.17) is 8.92 Å². The van der Waals surface area contributed by atoms with Crippen molar-refractivity contribution in [3.63, 3.8) is 0 Å². The summed E-state index contributed by atoms with van der Waals surface area (Å²) < 4.78 is 36.3. The molecule has 1 aliphatic heterocycles. The van der Waals surface area contributed by atoms with Crippen molar-refractivity contribution >= 4 is 26.7 Å². The highest BCUT2D eigenvalue weighted by atomic mass is 32.2. The van der Waals surface area contributed by atoms with E-state index in [1.54, 1.807) is 30.5 Å². The summed E-state index contributed by atoms with van der Waals surface area (Å²) in [6.45, 7) is 5.12. The van der Waals surface area contributed by atoms with Gasteiger partial charge in [0.05, 0.1) is 23.1 Å². The van der Waals surface area contributed by atoms with Crippen molar-refractivity contribution in [3.8, 4) is 0 Å². The normalized spacial score (nSPS) is 20.1. The lowest BCUT2D eigenvalue weighted by molar-refractivity contribution is -0.0359. The van der Waals surface area contributed by atoms with Gasteiger partial charge in [-0.1, -0.05) is 23.8 Å². The lowest BCUT2D eigenvalue weighted by atomic mass is 10.1. The van der Waals surface area contributed by atoms with Gasteiger partial charge in [-0.05, 0) is 50.2 Å². The SMILES string of the molecule is Cc1ccc(S(=O)(=O)OC[C@H]2CN(c3cccc4ncccc34)C[C@@H](C)O2)cc1. The highest BCUT2D eigenvalue weighted by Crippen LogP contribution is 2.28. The molecular weight excluding hydrogens is 388 g/mol. The summed E-state index contributed by atoms with van der Waals surface area (Å²) in [5.74, 6) is 0. The van der Waals surface area contributed by atoms with Gasteiger partial charge in [-0.25, -0.2) is 0 Å². The first-order valence-electron chi connectivity index (χ1n) is 9.62. The maximum absolute atomic E-state index is 12.5. The number of hydrogen-bond acceptors (Lipinski definition) is 6. The molecule has 0 radical (unpaired) electrons. The molecule has 0 bridgehead atoms. The van der Waals surface area contributed by atoms with Crippen molar-refractivity contribution in [3.05, 3.63) is 66.4 Å². The van der Waals surface area contributed by atoms with Gasteiger partial charge in [-0.2, -0.15) is 8.42 Å². The van der Waals surface area contributed by atoms with E-state index in [0.29, 0.717) is 6.54 Å². The fourth-order valence-electron chi connectivity index (χ4n) is 3.64. The number of benzene rings is 2. The number of pyridine rings is 1. The molecule has 3 aromatic rings. The minimum atomic E-state index is -3.82. The molecule has 0 unspecified atom stereocenters. The van der Waals surface area contributed by atoms with Gasteiger partial charge in [0, 0.05) is 30.4 Å². The largest absolute Gasteiger partial charge is 0.369 e. The van der Waals surface area contributed by atoms with Crippen molar-refractivity contribution < 1.29 is 17.3 Å². The number of rotatable bonds is 5. The summed E-state index contributed by atoms with van der Waals surface area (Å²) in [5.41, 5.74) is 2.99. The smallest absolute Gasteiger partial charge is 0.297 e. The Bertz CT molecular complexity index is 1090. The predicted octanol–water partition coefficient (Wildman–Crippen LogP) is 3.54. The molecule has 0 aliphatic carbocycles. The average Bonchev–Trinajstić information content (AvgIpc) is 2.72. The molecule has 1 aliphatic rings. The standard InChI is InChI=1S/C22H24N2O4S/c1-16-8-10-19(11-9-16)29(25,26)27-15-18-14-24(13-17(2)28-18)22-7-3-6-21-20(22)5-4-12-23-21/h3-12,17-18H,13-15H2,1-2H3/t17-,18-/m1/s1. The minimum absolute atomic E-state index is 0.0277. The van der Waals surface area contributed by atoms with E-state index in [-0.39, 0.29) is 23.7 Å². The number of aromatic nitrogens is 1. The first kappa shape index (κ1) is 19.8. The summed E-state index contributed by atoms with van der Waals surface area (Å²) in [5, 5.41) is 1.07. The third kappa shape index (κ3) is 4.42. The first-order chi connectivity index (χ1) is 13.9. The topological polar surface area (TPSA) is 68.7 Å². The zero-order valence-corrected chi connectivity index (χ0v) is 17.3. The van der Waals surface area contributed by atoms with Crippen LogP contribution < -0.4 is 4.90 Å². The van der Waals surface area contributed by atoms with Gasteiger partial charge in [0.1, 0.15) is 6.10 Å². The van der Waals surface area contributed by atoms with E-state index in [1.165, 1.54) is 0 Å². The van der Waals surface area contributed by atoms with Crippen molar-refractivity contribution in [1.29, 1.82) is 0 Å². The van der Waals surface area contributed by atoms with Gasteiger partial charge < -0.3 is 9.64 Å². The molecule has 1 fully saturated rings. The molecule has 0 amide bonds. The van der Waals surface area contributed by atoms with Crippen LogP contribution in [0.5, 0.6) is 0 Å². The first-order valence-corrected chi connectivity index (χ1v) is 11.0. The number of morpholine rings is 1. The molecule has 2 atom stereocenters. The van der Waals surface area contributed by atoms with Crippen LogP contribution in [-0.2, 0) is 19.0 Å². The van der Waals surface area contributed by atoms with Crippen LogP contribution in [0.25, 0.3) is 10.9 Å². The molecule has 0 spiro atoms. The third-order valence-electron chi connectivity index (χ3n) is 5.01. The van der Waals surface area contributed by atoms with Crippen LogP contribution in [0.3, 0.4) is 0 Å². The highest BCUT2D eigenvalue weighted by Gasteiger charge is 2.28. The Morgan fingerprint density at radius 1 is 1.10 bits per heavy atom. The lowest BCUT2D eigenvalue weighted by Crippen LogP contribution is -2.48. The predicted molar refractivity (Wildman–Crippen MR) is 113 cm³/mol. The molecule has 7 heteroatoms. The van der Waals surface area contributed by atoms with E-state index < -0.39 is 10.1 Å². The maximum atomic E-state index is 12.5. The van der Waals surface area contributed by atoms with Crippen LogP contribution in [0.2, 0.25) is 0 Å². The Balaban J connectivity index is 1.50. The van der Waals surface area contributed by atoms with E-state index in [9.17, 15) is 8.42 Å². The molecule has 2 heterocycles. The van der Waals surface area contributed by atoms with Gasteiger partial charge in [0.2, 0.25) is 0 Å². The molecular formula is C22H24N2O4S. The van der Waals surface area contributed by atoms with Crippen molar-refractivity contribution in [2.24, 2.45) is 0 Å². The number of nitrogens with zero attached hydrogens (tertiary/aromatic N) is 2. The number of fused-ring (bicyclic) bond motifs is 1. The Hall–Kier alpha value is -2.48. The molecule has 1 aromatic heterocycles. The second kappa shape index (κ2) is 8.10. The molecule has 0 saturated carbocycles. The molecule has 4 rings (SSSR count). The minimum Gasteiger partial charge on any atom is -0.369 e. The number of anilines is 1. The molecule has 2 aromatic carbocycles. The Morgan fingerprint density at radius 3 is 2.69 bits per heavy atom. The van der Waals surface area contributed by atoms with E-state index >= 15 is 0 Å². The Kier molecular flexibility index (Phi) is 5.54. The lowest BCUT2D eigenvalue weighted by Gasteiger charge is -2.38. The summed E-state index contributed by atoms with van der Waals surface area (Å²) in [6.07, 6.45) is 1.37. The maximum Gasteiger partial charge on any atom is 0.297 e. The molecule has 152 valence electrons. The van der Waals surface area contributed by atoms with Gasteiger partial charge in [-0.3, -0.25) is 9.17 Å². The van der Waals surface area contributed by atoms with Crippen LogP contribution in [0, 0.1) is 6.92 Å². The second-order valence-electron chi connectivity index (χ2n) is 7.37. The number of aryl methyl sites for hydroxylation is 1. The van der Waals surface area contributed by atoms with E-state index in [1.807, 2.05) is 38.1 Å². The number of ether oxygens (including phenoxy) is 1. The van der Waals surface area contributed by atoms with Gasteiger partial charge >= 0.3 is 0 Å². The zero-order chi connectivity index (χ0) is 20.4. The summed E-state index contributed by atoms with van der Waals surface area (Å²) in [6, 6.07) is 16.6. The van der Waals surface area contributed by atoms with Gasteiger partial charge in [0.25, 0.3) is 10.1 Å². The van der Waals surface area contributed by atoms with Crippen LogP contribution in [0.1, 0.15) is 12.5 Å². The monoisotopic (exact) mass is 412 g/mol. The molecule has 1 saturated heterocycles. The second-order valence-corrected chi connectivity index (χ2v) is 8.99. The van der Waals surface area contributed by atoms with Crippen molar-refractivity contribution in [2.75, 3.05) is 24.6 Å². The van der Waals surface area contributed by atoms with Crippen molar-refractivity contribution in [2.45, 2.75) is 31.0 Å². The third-order valence-corrected chi connectivity index (χ3v) is 6.30. The van der Waals surface area contributed by atoms with E-state index in [2.05, 4.69) is 16.0 Å². The van der Waals surface area contributed by atoms with Crippen LogP contribution in [0.15, 0.2) is 65.7 Å². The van der Waals surface area contributed by atoms with Crippen LogP contribution in [0.4, 0.5) is 5.69 Å². The average molecular weight is 413 g/mol. The van der Waals surface area contributed by atoms with E-state index in [0.717, 1.165) is 28.7 Å². The fraction of sp³-hybridized carbons (Fsp3) is 0.318. The fourth-order valence-corrected chi connectivity index (χ4v) is 4.57. The molecule has 29 heavy (non-hydrogen) atoms. The molecule has 0 N–H and O–H groups in total. The quantitative estimate of drug-likeness (QED) is 0.597. The van der Waals surface area contributed by atoms with Gasteiger partial charge in [0.15, 0.2) is 0 Å². The van der Waals surface area contributed by atoms with Crippen LogP contribution in [-0.4, -0.2) is 45.3 Å². The summed E-state index contributed by atoms with van der Waals surface area (Å²) >= 11 is 0. The van der Waals surface area contributed by atoms with Crippen molar-refractivity contribution in [1.82, 2.24) is 4.98 Å².